The zero-order chi connectivity index (χ0) is 22.2. The summed E-state index contributed by atoms with van der Waals surface area (Å²) in [7, 11) is 0. The molecule has 166 valence electrons. The molecule has 0 radical (unpaired) electrons. The fourth-order valence-corrected chi connectivity index (χ4v) is 4.45. The minimum Gasteiger partial charge on any atom is -0.338 e. The molecule has 0 saturated carbocycles. The first-order valence-electron chi connectivity index (χ1n) is 11.3. The second kappa shape index (κ2) is 11.2. The highest BCUT2D eigenvalue weighted by molar-refractivity contribution is 6.30. The number of aryl methyl sites for hydroxylation is 1. The van der Waals surface area contributed by atoms with Gasteiger partial charge in [-0.1, -0.05) is 84.4 Å². The van der Waals surface area contributed by atoms with Crippen molar-refractivity contribution in [3.63, 3.8) is 0 Å². The van der Waals surface area contributed by atoms with Gasteiger partial charge in [-0.05, 0) is 41.7 Å². The Morgan fingerprint density at radius 3 is 2.06 bits per heavy atom. The molecule has 1 N–H and O–H groups in total. The van der Waals surface area contributed by atoms with Gasteiger partial charge in [0.2, 0.25) is 0 Å². The summed E-state index contributed by atoms with van der Waals surface area (Å²) in [4.78, 5) is 17.0. The Balaban J connectivity index is 1.31. The van der Waals surface area contributed by atoms with Gasteiger partial charge in [0.05, 0.1) is 6.04 Å². The molecular weight excluding hydrogens is 418 g/mol. The lowest BCUT2D eigenvalue weighted by Crippen LogP contribution is -2.52. The average Bonchev–Trinajstić information content (AvgIpc) is 2.85. The number of carbonyl (C=O) groups excluding carboxylic acids is 1. The van der Waals surface area contributed by atoms with E-state index in [1.54, 1.807) is 0 Å². The van der Waals surface area contributed by atoms with Gasteiger partial charge in [-0.25, -0.2) is 4.79 Å². The van der Waals surface area contributed by atoms with Crippen LogP contribution in [0.15, 0.2) is 84.9 Å². The number of carbonyl (C=O) groups is 1. The largest absolute Gasteiger partial charge is 0.338 e. The fourth-order valence-electron chi connectivity index (χ4n) is 4.32. The molecule has 0 aromatic heterocycles. The van der Waals surface area contributed by atoms with E-state index in [1.807, 2.05) is 29.2 Å². The number of rotatable bonds is 7. The average molecular weight is 448 g/mol. The van der Waals surface area contributed by atoms with E-state index in [4.69, 9.17) is 11.6 Å². The van der Waals surface area contributed by atoms with Crippen molar-refractivity contribution in [2.24, 2.45) is 0 Å². The second-order valence-electron chi connectivity index (χ2n) is 8.21. The molecule has 1 saturated heterocycles. The first-order chi connectivity index (χ1) is 15.7. The van der Waals surface area contributed by atoms with Gasteiger partial charge >= 0.3 is 6.03 Å². The van der Waals surface area contributed by atoms with Crippen LogP contribution in [0.1, 0.15) is 29.2 Å². The van der Waals surface area contributed by atoms with E-state index in [0.717, 1.165) is 44.0 Å². The highest BCUT2D eigenvalue weighted by atomic mass is 35.5. The Hall–Kier alpha value is -2.82. The molecule has 1 atom stereocenters. The third-order valence-electron chi connectivity index (χ3n) is 6.03. The number of amides is 2. The molecule has 3 aromatic rings. The van der Waals surface area contributed by atoms with Gasteiger partial charge in [0.15, 0.2) is 0 Å². The van der Waals surface area contributed by atoms with E-state index in [-0.39, 0.29) is 12.1 Å². The topological polar surface area (TPSA) is 35.6 Å². The van der Waals surface area contributed by atoms with Gasteiger partial charge < -0.3 is 10.2 Å². The molecule has 2 amide bonds. The summed E-state index contributed by atoms with van der Waals surface area (Å²) >= 11 is 6.12. The number of benzene rings is 3. The van der Waals surface area contributed by atoms with E-state index in [2.05, 4.69) is 70.9 Å². The summed E-state index contributed by atoms with van der Waals surface area (Å²) in [5.41, 5.74) is 3.79. The predicted octanol–water partition coefficient (Wildman–Crippen LogP) is 5.39. The maximum absolute atomic E-state index is 12.6. The number of piperazine rings is 1. The monoisotopic (exact) mass is 447 g/mol. The maximum atomic E-state index is 12.6. The van der Waals surface area contributed by atoms with Gasteiger partial charge in [0.25, 0.3) is 0 Å². The van der Waals surface area contributed by atoms with Crippen molar-refractivity contribution in [2.45, 2.75) is 18.9 Å². The first-order valence-corrected chi connectivity index (χ1v) is 11.7. The van der Waals surface area contributed by atoms with Crippen LogP contribution in [-0.2, 0) is 6.42 Å². The molecule has 0 aliphatic carbocycles. The van der Waals surface area contributed by atoms with Crippen LogP contribution in [0.5, 0.6) is 0 Å². The van der Waals surface area contributed by atoms with Crippen molar-refractivity contribution in [1.29, 1.82) is 0 Å². The minimum absolute atomic E-state index is 0.0421. The van der Waals surface area contributed by atoms with Crippen molar-refractivity contribution < 1.29 is 4.79 Å². The highest BCUT2D eigenvalue weighted by Crippen LogP contribution is 2.30. The number of hydrogen-bond acceptors (Lipinski definition) is 2. The molecule has 1 aliphatic rings. The van der Waals surface area contributed by atoms with Gasteiger partial charge in [0.1, 0.15) is 0 Å². The normalized spacial score (nSPS) is 15.3. The molecule has 32 heavy (non-hydrogen) atoms. The molecule has 1 fully saturated rings. The predicted molar refractivity (Wildman–Crippen MR) is 131 cm³/mol. The molecular formula is C27H30ClN3O. The Labute approximate surface area is 195 Å². The van der Waals surface area contributed by atoms with Crippen LogP contribution >= 0.6 is 11.6 Å². The number of nitrogens with zero attached hydrogens (tertiary/aromatic N) is 2. The third-order valence-corrected chi connectivity index (χ3v) is 6.28. The van der Waals surface area contributed by atoms with Crippen LogP contribution in [0.3, 0.4) is 0 Å². The fraction of sp³-hybridized carbons (Fsp3) is 0.296. The summed E-state index contributed by atoms with van der Waals surface area (Å²) < 4.78 is 0. The van der Waals surface area contributed by atoms with Crippen LogP contribution in [-0.4, -0.2) is 48.6 Å². The van der Waals surface area contributed by atoms with Gasteiger partial charge in [-0.15, -0.1) is 0 Å². The Morgan fingerprint density at radius 2 is 1.41 bits per heavy atom. The molecule has 5 heteroatoms. The molecule has 1 heterocycles. The Bertz CT molecular complexity index is 971. The second-order valence-corrected chi connectivity index (χ2v) is 8.65. The molecule has 4 nitrogen and oxygen atoms in total. The zero-order valence-electron chi connectivity index (χ0n) is 18.3. The number of urea groups is 1. The van der Waals surface area contributed by atoms with Crippen molar-refractivity contribution in [2.75, 3.05) is 32.7 Å². The lowest BCUT2D eigenvalue weighted by Gasteiger charge is -2.39. The van der Waals surface area contributed by atoms with E-state index in [0.29, 0.717) is 6.54 Å². The van der Waals surface area contributed by atoms with Crippen LogP contribution in [0.25, 0.3) is 0 Å². The maximum Gasteiger partial charge on any atom is 0.317 e. The summed E-state index contributed by atoms with van der Waals surface area (Å²) in [6.45, 7) is 3.81. The van der Waals surface area contributed by atoms with Crippen molar-refractivity contribution in [3.8, 4) is 0 Å². The smallest absolute Gasteiger partial charge is 0.317 e. The summed E-state index contributed by atoms with van der Waals surface area (Å²) in [6, 6.07) is 29.3. The summed E-state index contributed by atoms with van der Waals surface area (Å²) in [6.07, 6.45) is 1.93. The lowest BCUT2D eigenvalue weighted by molar-refractivity contribution is 0.120. The number of halogens is 1. The SMILES string of the molecule is O=C(NCCCc1ccccc1)N1CCN([C@H](c2ccccc2)c2ccc(Cl)cc2)CC1. The third kappa shape index (κ3) is 5.90. The van der Waals surface area contributed by atoms with Gasteiger partial charge in [0, 0.05) is 37.7 Å². The van der Waals surface area contributed by atoms with Crippen molar-refractivity contribution in [3.05, 3.63) is 107 Å². The summed E-state index contributed by atoms with van der Waals surface area (Å²) in [5.74, 6) is 0. The quantitative estimate of drug-likeness (QED) is 0.493. The number of nitrogens with one attached hydrogen (secondary N) is 1. The molecule has 1 aliphatic heterocycles. The van der Waals surface area contributed by atoms with Crippen LogP contribution in [0, 0.1) is 0 Å². The summed E-state index contributed by atoms with van der Waals surface area (Å²) in [5, 5.41) is 3.83. The van der Waals surface area contributed by atoms with Crippen molar-refractivity contribution in [1.82, 2.24) is 15.1 Å². The highest BCUT2D eigenvalue weighted by Gasteiger charge is 2.28. The van der Waals surface area contributed by atoms with E-state index in [9.17, 15) is 4.79 Å². The van der Waals surface area contributed by atoms with Gasteiger partial charge in [-0.3, -0.25) is 4.90 Å². The molecule has 3 aromatic carbocycles. The Morgan fingerprint density at radius 1 is 0.812 bits per heavy atom. The van der Waals surface area contributed by atoms with Crippen LogP contribution in [0.4, 0.5) is 4.79 Å². The Kier molecular flexibility index (Phi) is 7.81. The number of hydrogen-bond donors (Lipinski definition) is 1. The first kappa shape index (κ1) is 22.4. The molecule has 0 unspecified atom stereocenters. The van der Waals surface area contributed by atoms with Crippen LogP contribution in [0.2, 0.25) is 5.02 Å². The standard InChI is InChI=1S/C27H30ClN3O/c28-25-15-13-24(14-16-25)26(23-11-5-2-6-12-23)30-18-20-31(21-19-30)27(32)29-17-7-10-22-8-3-1-4-9-22/h1-6,8-9,11-16,26H,7,10,17-21H2,(H,29,32)/t26-/m1/s1. The van der Waals surface area contributed by atoms with Crippen molar-refractivity contribution >= 4 is 17.6 Å². The minimum atomic E-state index is 0.0421. The van der Waals surface area contributed by atoms with Crippen LogP contribution < -0.4 is 5.32 Å². The van der Waals surface area contributed by atoms with E-state index >= 15 is 0 Å². The molecule has 4 rings (SSSR count). The lowest BCUT2D eigenvalue weighted by atomic mass is 9.96. The van der Waals surface area contributed by atoms with E-state index in [1.165, 1.54) is 16.7 Å². The molecule has 0 spiro atoms. The zero-order valence-corrected chi connectivity index (χ0v) is 19.0. The van der Waals surface area contributed by atoms with Gasteiger partial charge in [-0.2, -0.15) is 0 Å². The van der Waals surface area contributed by atoms with E-state index < -0.39 is 0 Å². The molecule has 0 bridgehead atoms.